The first-order chi connectivity index (χ1) is 6.57. The standard InChI is InChI=1S/C10H16N2O2/c1-4-5-7(2)9(13)8-6-11-12(3)10(8)14/h6-7,11H,4-5H2,1-3H3. The predicted molar refractivity (Wildman–Crippen MR) is 54.4 cm³/mol. The molecule has 1 aromatic heterocycles. The molecule has 0 aromatic carbocycles. The van der Waals surface area contributed by atoms with Crippen LogP contribution >= 0.6 is 0 Å². The molecule has 4 heteroatoms. The Labute approximate surface area is 82.9 Å². The van der Waals surface area contributed by atoms with Crippen LogP contribution in [0.25, 0.3) is 0 Å². The van der Waals surface area contributed by atoms with Crippen molar-refractivity contribution in [1.82, 2.24) is 9.78 Å². The number of aromatic amines is 1. The van der Waals surface area contributed by atoms with Crippen LogP contribution in [0.2, 0.25) is 0 Å². The second-order valence-corrected chi connectivity index (χ2v) is 3.61. The summed E-state index contributed by atoms with van der Waals surface area (Å²) in [5.41, 5.74) is 0.0337. The number of carbonyl (C=O) groups is 1. The van der Waals surface area contributed by atoms with Crippen molar-refractivity contribution in [1.29, 1.82) is 0 Å². The fourth-order valence-corrected chi connectivity index (χ4v) is 1.47. The molecule has 1 rings (SSSR count). The lowest BCUT2D eigenvalue weighted by atomic mass is 9.97. The Morgan fingerprint density at radius 2 is 2.29 bits per heavy atom. The Balaban J connectivity index is 2.90. The molecule has 0 saturated heterocycles. The van der Waals surface area contributed by atoms with E-state index >= 15 is 0 Å². The highest BCUT2D eigenvalue weighted by Gasteiger charge is 2.18. The Morgan fingerprint density at radius 3 is 2.71 bits per heavy atom. The number of aryl methyl sites for hydroxylation is 1. The first kappa shape index (κ1) is 10.8. The van der Waals surface area contributed by atoms with Crippen molar-refractivity contribution in [3.8, 4) is 0 Å². The van der Waals surface area contributed by atoms with Gasteiger partial charge in [-0.05, 0) is 6.42 Å². The zero-order chi connectivity index (χ0) is 10.7. The van der Waals surface area contributed by atoms with Gasteiger partial charge < -0.3 is 5.10 Å². The quantitative estimate of drug-likeness (QED) is 0.739. The van der Waals surface area contributed by atoms with Crippen molar-refractivity contribution >= 4 is 5.78 Å². The third-order valence-corrected chi connectivity index (χ3v) is 2.37. The van der Waals surface area contributed by atoms with Gasteiger partial charge in [-0.1, -0.05) is 20.3 Å². The second kappa shape index (κ2) is 4.26. The van der Waals surface area contributed by atoms with Gasteiger partial charge in [-0.25, -0.2) is 0 Å². The summed E-state index contributed by atoms with van der Waals surface area (Å²) < 4.78 is 1.31. The minimum atomic E-state index is -0.238. The molecule has 78 valence electrons. The highest BCUT2D eigenvalue weighted by atomic mass is 16.2. The molecule has 1 unspecified atom stereocenters. The van der Waals surface area contributed by atoms with Crippen LogP contribution in [0.15, 0.2) is 11.0 Å². The van der Waals surface area contributed by atoms with Crippen molar-refractivity contribution in [2.75, 3.05) is 0 Å². The number of rotatable bonds is 4. The lowest BCUT2D eigenvalue weighted by Crippen LogP contribution is -2.22. The average Bonchev–Trinajstić information content (AvgIpc) is 2.47. The van der Waals surface area contributed by atoms with Gasteiger partial charge in [0.25, 0.3) is 5.56 Å². The molecular weight excluding hydrogens is 180 g/mol. The molecule has 0 aliphatic carbocycles. The Morgan fingerprint density at radius 1 is 1.64 bits per heavy atom. The molecule has 1 heterocycles. The maximum Gasteiger partial charge on any atom is 0.277 e. The number of hydrogen-bond donors (Lipinski definition) is 1. The van der Waals surface area contributed by atoms with Crippen molar-refractivity contribution in [3.05, 3.63) is 22.1 Å². The number of nitrogens with zero attached hydrogens (tertiary/aromatic N) is 1. The zero-order valence-electron chi connectivity index (χ0n) is 8.83. The van der Waals surface area contributed by atoms with Gasteiger partial charge in [0, 0.05) is 19.2 Å². The average molecular weight is 196 g/mol. The molecule has 0 aliphatic rings. The molecule has 14 heavy (non-hydrogen) atoms. The lowest BCUT2D eigenvalue weighted by molar-refractivity contribution is 0.0922. The second-order valence-electron chi connectivity index (χ2n) is 3.61. The number of hydrogen-bond acceptors (Lipinski definition) is 2. The number of nitrogens with one attached hydrogen (secondary N) is 1. The maximum absolute atomic E-state index is 11.7. The predicted octanol–water partition coefficient (Wildman–Crippen LogP) is 1.33. The van der Waals surface area contributed by atoms with Crippen LogP contribution in [0.5, 0.6) is 0 Å². The van der Waals surface area contributed by atoms with Gasteiger partial charge in [0.15, 0.2) is 5.78 Å². The molecule has 0 spiro atoms. The fraction of sp³-hybridized carbons (Fsp3) is 0.600. The third-order valence-electron chi connectivity index (χ3n) is 2.37. The number of H-pyrrole nitrogens is 1. The van der Waals surface area contributed by atoms with Crippen LogP contribution in [0.3, 0.4) is 0 Å². The van der Waals surface area contributed by atoms with Gasteiger partial charge in [0.1, 0.15) is 5.56 Å². The van der Waals surface area contributed by atoms with Crippen LogP contribution in [-0.4, -0.2) is 15.6 Å². The SMILES string of the molecule is CCCC(C)C(=O)c1c[nH]n(C)c1=O. The van der Waals surface area contributed by atoms with Crippen LogP contribution in [-0.2, 0) is 7.05 Å². The Kier molecular flexibility index (Phi) is 3.28. The van der Waals surface area contributed by atoms with E-state index in [0.717, 1.165) is 12.8 Å². The fourth-order valence-electron chi connectivity index (χ4n) is 1.47. The summed E-state index contributed by atoms with van der Waals surface area (Å²) in [7, 11) is 1.60. The minimum Gasteiger partial charge on any atom is -0.302 e. The monoisotopic (exact) mass is 196 g/mol. The van der Waals surface area contributed by atoms with E-state index < -0.39 is 0 Å². The van der Waals surface area contributed by atoms with Crippen LogP contribution in [0.1, 0.15) is 37.0 Å². The molecule has 0 aliphatic heterocycles. The van der Waals surface area contributed by atoms with Crippen molar-refractivity contribution < 1.29 is 4.79 Å². The molecule has 0 radical (unpaired) electrons. The molecule has 1 aromatic rings. The van der Waals surface area contributed by atoms with Crippen molar-refractivity contribution in [2.24, 2.45) is 13.0 Å². The smallest absolute Gasteiger partial charge is 0.277 e. The molecule has 1 atom stereocenters. The summed E-state index contributed by atoms with van der Waals surface area (Å²) in [4.78, 5) is 23.2. The number of ketones is 1. The molecule has 0 amide bonds. The van der Waals surface area contributed by atoms with Gasteiger partial charge in [-0.15, -0.1) is 0 Å². The van der Waals surface area contributed by atoms with Crippen LogP contribution in [0, 0.1) is 5.92 Å². The number of aromatic nitrogens is 2. The van der Waals surface area contributed by atoms with Crippen LogP contribution < -0.4 is 5.56 Å². The minimum absolute atomic E-state index is 0.0614. The van der Waals surface area contributed by atoms with Gasteiger partial charge in [0.2, 0.25) is 0 Å². The Bertz CT molecular complexity index is 376. The largest absolute Gasteiger partial charge is 0.302 e. The van der Waals surface area contributed by atoms with Gasteiger partial charge in [0.05, 0.1) is 0 Å². The first-order valence-electron chi connectivity index (χ1n) is 4.86. The van der Waals surface area contributed by atoms with E-state index in [1.54, 1.807) is 7.05 Å². The summed E-state index contributed by atoms with van der Waals surface area (Å²) in [6, 6.07) is 0. The normalized spacial score (nSPS) is 12.8. The molecule has 0 saturated carbocycles. The topological polar surface area (TPSA) is 54.9 Å². The summed E-state index contributed by atoms with van der Waals surface area (Å²) in [6.45, 7) is 3.89. The molecule has 0 fully saturated rings. The van der Waals surface area contributed by atoms with Crippen molar-refractivity contribution in [2.45, 2.75) is 26.7 Å². The number of Topliss-reactive ketones (excluding diaryl/α,β-unsaturated/α-hetero) is 1. The summed E-state index contributed by atoms with van der Waals surface area (Å²) in [6.07, 6.45) is 3.27. The maximum atomic E-state index is 11.7. The van der Waals surface area contributed by atoms with E-state index in [1.807, 2.05) is 13.8 Å². The highest BCUT2D eigenvalue weighted by molar-refractivity contribution is 5.97. The molecule has 4 nitrogen and oxygen atoms in total. The van der Waals surface area contributed by atoms with E-state index in [1.165, 1.54) is 10.9 Å². The van der Waals surface area contributed by atoms with E-state index in [2.05, 4.69) is 5.10 Å². The van der Waals surface area contributed by atoms with E-state index in [9.17, 15) is 9.59 Å². The molecule has 1 N–H and O–H groups in total. The van der Waals surface area contributed by atoms with E-state index in [-0.39, 0.29) is 22.8 Å². The molecular formula is C10H16N2O2. The van der Waals surface area contributed by atoms with Gasteiger partial charge in [-0.3, -0.25) is 14.3 Å². The molecule has 0 bridgehead atoms. The zero-order valence-corrected chi connectivity index (χ0v) is 8.83. The van der Waals surface area contributed by atoms with Crippen LogP contribution in [0.4, 0.5) is 0 Å². The highest BCUT2D eigenvalue weighted by Crippen LogP contribution is 2.10. The first-order valence-corrected chi connectivity index (χ1v) is 4.86. The van der Waals surface area contributed by atoms with Gasteiger partial charge >= 0.3 is 0 Å². The van der Waals surface area contributed by atoms with Gasteiger partial charge in [-0.2, -0.15) is 0 Å². The van der Waals surface area contributed by atoms with Crippen molar-refractivity contribution in [3.63, 3.8) is 0 Å². The summed E-state index contributed by atoms with van der Waals surface area (Å²) in [5, 5.41) is 2.70. The van der Waals surface area contributed by atoms with E-state index in [4.69, 9.17) is 0 Å². The summed E-state index contributed by atoms with van der Waals surface area (Å²) in [5.74, 6) is -0.128. The van der Waals surface area contributed by atoms with E-state index in [0.29, 0.717) is 0 Å². The lowest BCUT2D eigenvalue weighted by Gasteiger charge is -2.05. The summed E-state index contributed by atoms with van der Waals surface area (Å²) >= 11 is 0. The number of carbonyl (C=O) groups excluding carboxylic acids is 1. The Hall–Kier alpha value is -1.32. The third kappa shape index (κ3) is 1.95.